The van der Waals surface area contributed by atoms with Gasteiger partial charge in [-0.1, -0.05) is 24.3 Å². The molecular weight excluding hydrogens is 248 g/mol. The van der Waals surface area contributed by atoms with Gasteiger partial charge >= 0.3 is 0 Å². The summed E-state index contributed by atoms with van der Waals surface area (Å²) in [6, 6.07) is 16.6. The molecule has 2 aromatic rings. The first-order chi connectivity index (χ1) is 9.60. The number of hydrogen-bond acceptors (Lipinski definition) is 3. The van der Waals surface area contributed by atoms with E-state index in [9.17, 15) is 0 Å². The van der Waals surface area contributed by atoms with Gasteiger partial charge in [0.2, 0.25) is 0 Å². The van der Waals surface area contributed by atoms with Crippen LogP contribution in [-0.2, 0) is 6.54 Å². The highest BCUT2D eigenvalue weighted by molar-refractivity contribution is 5.48. The summed E-state index contributed by atoms with van der Waals surface area (Å²) in [4.78, 5) is 2.21. The first-order valence-electron chi connectivity index (χ1n) is 6.80. The lowest BCUT2D eigenvalue weighted by Crippen LogP contribution is -2.16. The number of ether oxygens (including phenoxy) is 1. The molecule has 0 saturated carbocycles. The van der Waals surface area contributed by atoms with Crippen molar-refractivity contribution in [2.24, 2.45) is 5.73 Å². The van der Waals surface area contributed by atoms with E-state index in [4.69, 9.17) is 10.5 Å². The Bertz CT molecular complexity index is 549. The van der Waals surface area contributed by atoms with Crippen LogP contribution in [0.25, 0.3) is 0 Å². The van der Waals surface area contributed by atoms with Crippen molar-refractivity contribution in [3.8, 4) is 5.75 Å². The lowest BCUT2D eigenvalue weighted by Gasteiger charge is -2.20. The average molecular weight is 270 g/mol. The minimum absolute atomic E-state index is 0.0766. The third kappa shape index (κ3) is 3.52. The summed E-state index contributed by atoms with van der Waals surface area (Å²) in [6.07, 6.45) is 0. The van der Waals surface area contributed by atoms with Crippen molar-refractivity contribution < 1.29 is 4.74 Å². The third-order valence-electron chi connectivity index (χ3n) is 3.41. The summed E-state index contributed by atoms with van der Waals surface area (Å²) in [5.74, 6) is 0.892. The molecule has 0 aliphatic rings. The molecule has 0 aromatic heterocycles. The molecule has 0 heterocycles. The molecule has 0 unspecified atom stereocenters. The van der Waals surface area contributed by atoms with Crippen LogP contribution in [-0.4, -0.2) is 14.2 Å². The maximum absolute atomic E-state index is 5.87. The van der Waals surface area contributed by atoms with Gasteiger partial charge in [0.1, 0.15) is 5.75 Å². The van der Waals surface area contributed by atoms with Crippen LogP contribution in [0.15, 0.2) is 48.5 Å². The van der Waals surface area contributed by atoms with Crippen LogP contribution in [0.1, 0.15) is 24.1 Å². The summed E-state index contributed by atoms with van der Waals surface area (Å²) in [5, 5.41) is 0. The molecule has 2 aromatic carbocycles. The minimum atomic E-state index is 0.0766. The molecule has 106 valence electrons. The van der Waals surface area contributed by atoms with E-state index >= 15 is 0 Å². The number of nitrogens with two attached hydrogens (primary N) is 1. The highest BCUT2D eigenvalue weighted by Crippen LogP contribution is 2.20. The number of benzene rings is 2. The molecule has 2 N–H and O–H groups in total. The summed E-state index contributed by atoms with van der Waals surface area (Å²) in [6.45, 7) is 2.84. The second kappa shape index (κ2) is 6.44. The Morgan fingerprint density at radius 2 is 1.85 bits per heavy atom. The SMILES string of the molecule is COc1cccc(CN(C)c2ccc([C@@H](C)N)cc2)c1. The van der Waals surface area contributed by atoms with Crippen LogP contribution in [0.5, 0.6) is 5.75 Å². The van der Waals surface area contributed by atoms with Gasteiger partial charge in [-0.05, 0) is 42.3 Å². The van der Waals surface area contributed by atoms with Gasteiger partial charge in [-0.3, -0.25) is 0 Å². The van der Waals surface area contributed by atoms with Crippen LogP contribution in [0.4, 0.5) is 5.69 Å². The van der Waals surface area contributed by atoms with E-state index in [0.717, 1.165) is 17.9 Å². The second-order valence-corrected chi connectivity index (χ2v) is 5.09. The maximum atomic E-state index is 5.87. The summed E-state index contributed by atoms with van der Waals surface area (Å²) in [7, 11) is 3.77. The molecule has 0 aliphatic heterocycles. The molecule has 0 amide bonds. The second-order valence-electron chi connectivity index (χ2n) is 5.09. The molecule has 3 heteroatoms. The highest BCUT2D eigenvalue weighted by atomic mass is 16.5. The van der Waals surface area contributed by atoms with Crippen LogP contribution in [0.2, 0.25) is 0 Å². The van der Waals surface area contributed by atoms with Gasteiger partial charge in [-0.2, -0.15) is 0 Å². The monoisotopic (exact) mass is 270 g/mol. The van der Waals surface area contributed by atoms with Gasteiger partial charge in [0.05, 0.1) is 7.11 Å². The molecule has 0 radical (unpaired) electrons. The van der Waals surface area contributed by atoms with E-state index in [1.807, 2.05) is 19.1 Å². The molecular formula is C17H22N2O. The van der Waals surface area contributed by atoms with Crippen LogP contribution in [0, 0.1) is 0 Å². The quantitative estimate of drug-likeness (QED) is 0.905. The van der Waals surface area contributed by atoms with Crippen molar-refractivity contribution in [3.05, 3.63) is 59.7 Å². The predicted molar refractivity (Wildman–Crippen MR) is 84.1 cm³/mol. The number of hydrogen-bond donors (Lipinski definition) is 1. The van der Waals surface area contributed by atoms with Gasteiger partial charge < -0.3 is 15.4 Å². The number of anilines is 1. The summed E-state index contributed by atoms with van der Waals surface area (Å²) < 4.78 is 5.25. The zero-order valence-electron chi connectivity index (χ0n) is 12.3. The molecule has 20 heavy (non-hydrogen) atoms. The van der Waals surface area contributed by atoms with E-state index < -0.39 is 0 Å². The topological polar surface area (TPSA) is 38.5 Å². The number of methoxy groups -OCH3 is 1. The van der Waals surface area contributed by atoms with Crippen molar-refractivity contribution in [1.82, 2.24) is 0 Å². The van der Waals surface area contributed by atoms with Gasteiger partial charge in [-0.25, -0.2) is 0 Å². The molecule has 1 atom stereocenters. The van der Waals surface area contributed by atoms with E-state index in [2.05, 4.69) is 48.3 Å². The molecule has 3 nitrogen and oxygen atoms in total. The zero-order valence-corrected chi connectivity index (χ0v) is 12.3. The van der Waals surface area contributed by atoms with Crippen LogP contribution >= 0.6 is 0 Å². The van der Waals surface area contributed by atoms with Crippen LogP contribution < -0.4 is 15.4 Å². The van der Waals surface area contributed by atoms with E-state index in [0.29, 0.717) is 0 Å². The molecule has 0 bridgehead atoms. The van der Waals surface area contributed by atoms with Crippen molar-refractivity contribution >= 4 is 5.69 Å². The Balaban J connectivity index is 2.08. The van der Waals surface area contributed by atoms with Gasteiger partial charge in [0, 0.05) is 25.3 Å². The summed E-state index contributed by atoms with van der Waals surface area (Å²) in [5.41, 5.74) is 9.43. The van der Waals surface area contributed by atoms with Crippen molar-refractivity contribution in [2.75, 3.05) is 19.1 Å². The molecule has 0 saturated heterocycles. The van der Waals surface area contributed by atoms with Gasteiger partial charge in [-0.15, -0.1) is 0 Å². The number of nitrogens with zero attached hydrogens (tertiary/aromatic N) is 1. The standard InChI is InChI=1S/C17H22N2O/c1-13(18)15-7-9-16(10-8-15)19(2)12-14-5-4-6-17(11-14)20-3/h4-11,13H,12,18H2,1-3H3/t13-/m1/s1. The van der Waals surface area contributed by atoms with E-state index in [1.54, 1.807) is 7.11 Å². The minimum Gasteiger partial charge on any atom is -0.497 e. The van der Waals surface area contributed by atoms with Crippen LogP contribution in [0.3, 0.4) is 0 Å². The van der Waals surface area contributed by atoms with Gasteiger partial charge in [0.25, 0.3) is 0 Å². The Morgan fingerprint density at radius 3 is 2.45 bits per heavy atom. The lowest BCUT2D eigenvalue weighted by molar-refractivity contribution is 0.414. The van der Waals surface area contributed by atoms with Crippen molar-refractivity contribution in [3.63, 3.8) is 0 Å². The molecule has 0 spiro atoms. The van der Waals surface area contributed by atoms with E-state index in [1.165, 1.54) is 11.3 Å². The predicted octanol–water partition coefficient (Wildman–Crippen LogP) is 3.35. The third-order valence-corrected chi connectivity index (χ3v) is 3.41. The Kier molecular flexibility index (Phi) is 4.64. The fourth-order valence-electron chi connectivity index (χ4n) is 2.17. The maximum Gasteiger partial charge on any atom is 0.119 e. The van der Waals surface area contributed by atoms with Crippen molar-refractivity contribution in [1.29, 1.82) is 0 Å². The fraction of sp³-hybridized carbons (Fsp3) is 0.294. The van der Waals surface area contributed by atoms with E-state index in [-0.39, 0.29) is 6.04 Å². The van der Waals surface area contributed by atoms with Gasteiger partial charge in [0.15, 0.2) is 0 Å². The first-order valence-corrected chi connectivity index (χ1v) is 6.80. The molecule has 2 rings (SSSR count). The first kappa shape index (κ1) is 14.4. The molecule has 0 fully saturated rings. The lowest BCUT2D eigenvalue weighted by atomic mass is 10.1. The average Bonchev–Trinajstić information content (AvgIpc) is 2.47. The largest absolute Gasteiger partial charge is 0.497 e. The Morgan fingerprint density at radius 1 is 1.15 bits per heavy atom. The fourth-order valence-corrected chi connectivity index (χ4v) is 2.17. The Hall–Kier alpha value is -2.00. The molecule has 0 aliphatic carbocycles. The smallest absolute Gasteiger partial charge is 0.119 e. The number of rotatable bonds is 5. The highest BCUT2D eigenvalue weighted by Gasteiger charge is 2.04. The normalized spacial score (nSPS) is 12.0. The Labute approximate surface area is 121 Å². The summed E-state index contributed by atoms with van der Waals surface area (Å²) >= 11 is 0. The van der Waals surface area contributed by atoms with Crippen molar-refractivity contribution in [2.45, 2.75) is 19.5 Å². The zero-order chi connectivity index (χ0) is 14.5.